The summed E-state index contributed by atoms with van der Waals surface area (Å²) in [6.07, 6.45) is 0.866. The van der Waals surface area contributed by atoms with Crippen LogP contribution in [0.1, 0.15) is 19.8 Å². The van der Waals surface area contributed by atoms with Crippen molar-refractivity contribution in [1.82, 2.24) is 4.90 Å². The van der Waals surface area contributed by atoms with E-state index in [4.69, 9.17) is 0 Å². The summed E-state index contributed by atoms with van der Waals surface area (Å²) in [4.78, 5) is 23.4. The van der Waals surface area contributed by atoms with Crippen LogP contribution in [0, 0.1) is 0 Å². The normalized spacial score (nSPS) is 27.5. The van der Waals surface area contributed by atoms with Crippen LogP contribution in [0.5, 0.6) is 0 Å². The summed E-state index contributed by atoms with van der Waals surface area (Å²) in [6, 6.07) is 0. The predicted octanol–water partition coefficient (Wildman–Crippen LogP) is -0.510. The highest BCUT2D eigenvalue weighted by atomic mass is 16.5. The van der Waals surface area contributed by atoms with Gasteiger partial charge in [-0.1, -0.05) is 0 Å². The molecule has 0 saturated carbocycles. The predicted molar refractivity (Wildman–Crippen MR) is 43.6 cm³/mol. The molecule has 0 bridgehead atoms. The minimum absolute atomic E-state index is 0.249. The molecule has 1 aliphatic heterocycles. The van der Waals surface area contributed by atoms with E-state index in [2.05, 4.69) is 4.74 Å². The lowest BCUT2D eigenvalue weighted by Gasteiger charge is -2.29. The molecule has 0 radical (unpaired) electrons. The van der Waals surface area contributed by atoms with Crippen LogP contribution in [0.2, 0.25) is 0 Å². The standard InChI is InChI=1S/C8H13NO4/c1-6(10)9-5-3-4-8(9,12)7(11)13-2/h12H,3-5H2,1-2H3. The summed E-state index contributed by atoms with van der Waals surface area (Å²) in [5.41, 5.74) is -1.74. The molecule has 1 atom stereocenters. The van der Waals surface area contributed by atoms with Crippen LogP contribution in [-0.4, -0.2) is 41.3 Å². The van der Waals surface area contributed by atoms with Gasteiger partial charge in [0.1, 0.15) is 0 Å². The molecule has 0 aromatic heterocycles. The molecule has 5 nitrogen and oxygen atoms in total. The summed E-state index contributed by atoms with van der Waals surface area (Å²) in [5, 5.41) is 9.82. The smallest absolute Gasteiger partial charge is 0.359 e. The van der Waals surface area contributed by atoms with Gasteiger partial charge in [0.25, 0.3) is 0 Å². The van der Waals surface area contributed by atoms with E-state index in [1.807, 2.05) is 0 Å². The molecule has 0 aromatic carbocycles. The van der Waals surface area contributed by atoms with Crippen LogP contribution < -0.4 is 0 Å². The molecule has 1 N–H and O–H groups in total. The zero-order valence-corrected chi connectivity index (χ0v) is 7.74. The molecule has 13 heavy (non-hydrogen) atoms. The summed E-state index contributed by atoms with van der Waals surface area (Å²) >= 11 is 0. The van der Waals surface area contributed by atoms with E-state index in [1.165, 1.54) is 14.0 Å². The minimum atomic E-state index is -1.74. The molecule has 0 aliphatic carbocycles. The van der Waals surface area contributed by atoms with Crippen molar-refractivity contribution in [2.75, 3.05) is 13.7 Å². The molecule has 1 unspecified atom stereocenters. The molecule has 1 heterocycles. The third kappa shape index (κ3) is 1.51. The first-order valence-electron chi connectivity index (χ1n) is 4.11. The van der Waals surface area contributed by atoms with E-state index in [9.17, 15) is 14.7 Å². The van der Waals surface area contributed by atoms with Crippen molar-refractivity contribution >= 4 is 11.9 Å². The molecule has 1 amide bonds. The molecule has 1 fully saturated rings. The molecule has 1 aliphatic rings. The van der Waals surface area contributed by atoms with Crippen LogP contribution in [0.4, 0.5) is 0 Å². The van der Waals surface area contributed by atoms with Gasteiger partial charge in [-0.05, 0) is 6.42 Å². The first kappa shape index (κ1) is 9.98. The molecule has 1 saturated heterocycles. The second-order valence-electron chi connectivity index (χ2n) is 3.08. The van der Waals surface area contributed by atoms with Gasteiger partial charge in [-0.2, -0.15) is 0 Å². The number of carbonyl (C=O) groups is 2. The third-order valence-electron chi connectivity index (χ3n) is 2.25. The lowest BCUT2D eigenvalue weighted by molar-refractivity contribution is -0.184. The first-order valence-corrected chi connectivity index (χ1v) is 4.11. The van der Waals surface area contributed by atoms with Crippen molar-refractivity contribution in [2.24, 2.45) is 0 Å². The topological polar surface area (TPSA) is 66.8 Å². The Hall–Kier alpha value is -1.10. The molecule has 0 spiro atoms. The van der Waals surface area contributed by atoms with Crippen LogP contribution in [0.3, 0.4) is 0 Å². The Kier molecular flexibility index (Phi) is 2.56. The van der Waals surface area contributed by atoms with E-state index in [0.29, 0.717) is 13.0 Å². The maximum absolute atomic E-state index is 11.2. The van der Waals surface area contributed by atoms with Gasteiger partial charge in [-0.25, -0.2) is 4.79 Å². The van der Waals surface area contributed by atoms with E-state index in [-0.39, 0.29) is 12.3 Å². The number of carbonyl (C=O) groups excluding carboxylic acids is 2. The second-order valence-corrected chi connectivity index (χ2v) is 3.08. The van der Waals surface area contributed by atoms with Gasteiger partial charge >= 0.3 is 5.97 Å². The van der Waals surface area contributed by atoms with Gasteiger partial charge in [0, 0.05) is 19.9 Å². The van der Waals surface area contributed by atoms with Crippen LogP contribution in [0.25, 0.3) is 0 Å². The van der Waals surface area contributed by atoms with Crippen molar-refractivity contribution in [3.8, 4) is 0 Å². The highest BCUT2D eigenvalue weighted by molar-refractivity contribution is 5.86. The average molecular weight is 187 g/mol. The fourth-order valence-electron chi connectivity index (χ4n) is 1.60. The van der Waals surface area contributed by atoms with Gasteiger partial charge in [0.15, 0.2) is 0 Å². The van der Waals surface area contributed by atoms with Crippen LogP contribution in [0.15, 0.2) is 0 Å². The van der Waals surface area contributed by atoms with Crippen molar-refractivity contribution in [3.63, 3.8) is 0 Å². The number of nitrogens with zero attached hydrogens (tertiary/aromatic N) is 1. The lowest BCUT2D eigenvalue weighted by atomic mass is 10.1. The van der Waals surface area contributed by atoms with Crippen molar-refractivity contribution in [1.29, 1.82) is 0 Å². The Morgan fingerprint density at radius 1 is 1.54 bits per heavy atom. The summed E-state index contributed by atoms with van der Waals surface area (Å²) in [5.74, 6) is -1.08. The van der Waals surface area contributed by atoms with Crippen LogP contribution in [-0.2, 0) is 14.3 Å². The number of hydrogen-bond donors (Lipinski definition) is 1. The SMILES string of the molecule is COC(=O)C1(O)CCCN1C(C)=O. The highest BCUT2D eigenvalue weighted by Gasteiger charge is 2.48. The number of methoxy groups -OCH3 is 1. The molecule has 0 aromatic rings. The maximum atomic E-state index is 11.2. The number of ether oxygens (including phenoxy) is 1. The van der Waals surface area contributed by atoms with Crippen molar-refractivity contribution in [3.05, 3.63) is 0 Å². The zero-order valence-electron chi connectivity index (χ0n) is 7.74. The number of hydrogen-bond acceptors (Lipinski definition) is 4. The maximum Gasteiger partial charge on any atom is 0.359 e. The Labute approximate surface area is 76.3 Å². The number of rotatable bonds is 1. The average Bonchev–Trinajstić information content (AvgIpc) is 2.47. The molecular weight excluding hydrogens is 174 g/mol. The van der Waals surface area contributed by atoms with Gasteiger partial charge < -0.3 is 14.7 Å². The molecular formula is C8H13NO4. The lowest BCUT2D eigenvalue weighted by Crippen LogP contribution is -2.52. The van der Waals surface area contributed by atoms with Gasteiger partial charge in [0.2, 0.25) is 11.6 Å². The van der Waals surface area contributed by atoms with Crippen molar-refractivity contribution < 1.29 is 19.4 Å². The quantitative estimate of drug-likeness (QED) is 0.561. The third-order valence-corrected chi connectivity index (χ3v) is 2.25. The van der Waals surface area contributed by atoms with E-state index in [1.54, 1.807) is 0 Å². The Balaban J connectivity index is 2.87. The van der Waals surface area contributed by atoms with Gasteiger partial charge in [-0.15, -0.1) is 0 Å². The Morgan fingerprint density at radius 2 is 2.15 bits per heavy atom. The number of esters is 1. The minimum Gasteiger partial charge on any atom is -0.465 e. The Morgan fingerprint density at radius 3 is 2.62 bits per heavy atom. The Bertz CT molecular complexity index is 240. The largest absolute Gasteiger partial charge is 0.465 e. The fourth-order valence-corrected chi connectivity index (χ4v) is 1.60. The van der Waals surface area contributed by atoms with E-state index < -0.39 is 11.7 Å². The van der Waals surface area contributed by atoms with E-state index in [0.717, 1.165) is 4.90 Å². The molecule has 74 valence electrons. The molecule has 1 rings (SSSR count). The van der Waals surface area contributed by atoms with Crippen molar-refractivity contribution in [2.45, 2.75) is 25.5 Å². The number of aliphatic hydroxyl groups is 1. The number of amides is 1. The molecule has 5 heteroatoms. The summed E-state index contributed by atoms with van der Waals surface area (Å²) < 4.78 is 4.43. The monoisotopic (exact) mass is 187 g/mol. The highest BCUT2D eigenvalue weighted by Crippen LogP contribution is 2.27. The summed E-state index contributed by atoms with van der Waals surface area (Å²) in [7, 11) is 1.19. The van der Waals surface area contributed by atoms with Gasteiger partial charge in [-0.3, -0.25) is 4.79 Å². The van der Waals surface area contributed by atoms with Crippen LogP contribution >= 0.6 is 0 Å². The van der Waals surface area contributed by atoms with E-state index >= 15 is 0 Å². The summed E-state index contributed by atoms with van der Waals surface area (Å²) in [6.45, 7) is 1.72. The first-order chi connectivity index (χ1) is 6.02. The fraction of sp³-hybridized carbons (Fsp3) is 0.750. The second kappa shape index (κ2) is 3.33. The number of likely N-dealkylation sites (tertiary alicyclic amines) is 1. The zero-order chi connectivity index (χ0) is 10.1. The van der Waals surface area contributed by atoms with Gasteiger partial charge in [0.05, 0.1) is 7.11 Å².